The fourth-order valence-electron chi connectivity index (χ4n) is 1.23. The lowest BCUT2D eigenvalue weighted by Gasteiger charge is -2.11. The van der Waals surface area contributed by atoms with Crippen molar-refractivity contribution >= 4 is 29.7 Å². The molecule has 78 valence electrons. The quantitative estimate of drug-likeness (QED) is 0.705. The second-order valence-electron chi connectivity index (χ2n) is 3.15. The Balaban J connectivity index is 0.00000169. The lowest BCUT2D eigenvalue weighted by Crippen LogP contribution is -2.09. The minimum atomic E-state index is -0.0724. The van der Waals surface area contributed by atoms with E-state index in [0.29, 0.717) is 5.69 Å². The average molecular weight is 215 g/mol. The summed E-state index contributed by atoms with van der Waals surface area (Å²) in [7, 11) is 0. The number of anilines is 2. The van der Waals surface area contributed by atoms with E-state index in [1.807, 2.05) is 26.0 Å². The van der Waals surface area contributed by atoms with Gasteiger partial charge in [-0.3, -0.25) is 4.79 Å². The molecule has 0 saturated heterocycles. The molecule has 0 fully saturated rings. The van der Waals surface area contributed by atoms with Crippen LogP contribution in [0.5, 0.6) is 0 Å². The van der Waals surface area contributed by atoms with Crippen LogP contribution in [-0.2, 0) is 4.79 Å². The molecule has 4 heteroatoms. The largest absolute Gasteiger partial charge is 0.398 e. The first-order valence-electron chi connectivity index (χ1n) is 4.15. The number of hydrogen-bond acceptors (Lipinski definition) is 2. The number of nitrogen functional groups attached to an aromatic ring is 1. The van der Waals surface area contributed by atoms with E-state index in [2.05, 4.69) is 5.32 Å². The van der Waals surface area contributed by atoms with Crippen molar-refractivity contribution in [2.45, 2.75) is 20.8 Å². The highest BCUT2D eigenvalue weighted by atomic mass is 35.5. The molecule has 14 heavy (non-hydrogen) atoms. The standard InChI is InChI=1S/C10H14N2O.ClH/c1-6-4-5-9(11)7(2)10(6)12-8(3)13;/h4-5H,11H2,1-3H3,(H,12,13);1H. The molecule has 3 N–H and O–H groups in total. The molecule has 0 atom stereocenters. The van der Waals surface area contributed by atoms with Crippen LogP contribution in [-0.4, -0.2) is 5.91 Å². The Bertz CT molecular complexity index is 350. The van der Waals surface area contributed by atoms with E-state index >= 15 is 0 Å². The topological polar surface area (TPSA) is 55.1 Å². The molecule has 0 heterocycles. The van der Waals surface area contributed by atoms with E-state index in [4.69, 9.17) is 5.73 Å². The summed E-state index contributed by atoms with van der Waals surface area (Å²) in [5.41, 5.74) is 9.20. The van der Waals surface area contributed by atoms with Crippen molar-refractivity contribution in [3.05, 3.63) is 23.3 Å². The van der Waals surface area contributed by atoms with Gasteiger partial charge in [0.1, 0.15) is 0 Å². The lowest BCUT2D eigenvalue weighted by molar-refractivity contribution is -0.114. The highest BCUT2D eigenvalue weighted by Gasteiger charge is 2.05. The predicted octanol–water partition coefficient (Wildman–Crippen LogP) is 2.27. The van der Waals surface area contributed by atoms with Gasteiger partial charge in [0.15, 0.2) is 0 Å². The minimum absolute atomic E-state index is 0. The van der Waals surface area contributed by atoms with E-state index in [0.717, 1.165) is 16.8 Å². The van der Waals surface area contributed by atoms with E-state index in [-0.39, 0.29) is 18.3 Å². The van der Waals surface area contributed by atoms with E-state index in [1.165, 1.54) is 6.92 Å². The van der Waals surface area contributed by atoms with Crippen LogP contribution < -0.4 is 11.1 Å². The van der Waals surface area contributed by atoms with Crippen molar-refractivity contribution < 1.29 is 4.79 Å². The monoisotopic (exact) mass is 214 g/mol. The first-order valence-corrected chi connectivity index (χ1v) is 4.15. The van der Waals surface area contributed by atoms with Gasteiger partial charge in [-0.2, -0.15) is 0 Å². The molecule has 0 aliphatic carbocycles. The normalized spacial score (nSPS) is 9.07. The summed E-state index contributed by atoms with van der Waals surface area (Å²) in [5.74, 6) is -0.0724. The van der Waals surface area contributed by atoms with Crippen LogP contribution in [0.4, 0.5) is 11.4 Å². The highest BCUT2D eigenvalue weighted by molar-refractivity contribution is 5.91. The molecule has 1 aromatic rings. The summed E-state index contributed by atoms with van der Waals surface area (Å²) < 4.78 is 0. The molecule has 0 spiro atoms. The Labute approximate surface area is 90.1 Å². The van der Waals surface area contributed by atoms with Gasteiger partial charge in [-0.1, -0.05) is 6.07 Å². The Morgan fingerprint density at radius 1 is 1.36 bits per heavy atom. The maximum absolute atomic E-state index is 10.9. The smallest absolute Gasteiger partial charge is 0.221 e. The van der Waals surface area contributed by atoms with Crippen LogP contribution in [0.25, 0.3) is 0 Å². The number of halogens is 1. The van der Waals surface area contributed by atoms with Gasteiger partial charge in [0.05, 0.1) is 0 Å². The highest BCUT2D eigenvalue weighted by Crippen LogP contribution is 2.24. The first-order chi connectivity index (χ1) is 6.02. The number of benzene rings is 1. The number of hydrogen-bond donors (Lipinski definition) is 2. The molecule has 0 aromatic heterocycles. The predicted molar refractivity (Wildman–Crippen MR) is 61.9 cm³/mol. The zero-order valence-corrected chi connectivity index (χ0v) is 9.37. The zero-order chi connectivity index (χ0) is 10.0. The van der Waals surface area contributed by atoms with Crippen molar-refractivity contribution in [1.82, 2.24) is 0 Å². The second kappa shape index (κ2) is 4.86. The van der Waals surface area contributed by atoms with Crippen LogP contribution >= 0.6 is 12.4 Å². The number of amides is 1. The third-order valence-corrected chi connectivity index (χ3v) is 2.02. The molecular weight excluding hydrogens is 200 g/mol. The molecule has 1 aromatic carbocycles. The molecule has 0 aliphatic heterocycles. The van der Waals surface area contributed by atoms with Crippen LogP contribution in [0.2, 0.25) is 0 Å². The van der Waals surface area contributed by atoms with Gasteiger partial charge in [-0.15, -0.1) is 12.4 Å². The first kappa shape index (κ1) is 12.8. The minimum Gasteiger partial charge on any atom is -0.398 e. The van der Waals surface area contributed by atoms with Gasteiger partial charge in [-0.25, -0.2) is 0 Å². The summed E-state index contributed by atoms with van der Waals surface area (Å²) in [6.45, 7) is 5.33. The van der Waals surface area contributed by atoms with Crippen LogP contribution in [0.3, 0.4) is 0 Å². The molecule has 1 amide bonds. The summed E-state index contributed by atoms with van der Waals surface area (Å²) in [6, 6.07) is 3.74. The number of nitrogens with two attached hydrogens (primary N) is 1. The summed E-state index contributed by atoms with van der Waals surface area (Å²) in [6.07, 6.45) is 0. The summed E-state index contributed by atoms with van der Waals surface area (Å²) >= 11 is 0. The third-order valence-electron chi connectivity index (χ3n) is 2.02. The van der Waals surface area contributed by atoms with Crippen LogP contribution in [0.15, 0.2) is 12.1 Å². The number of carbonyl (C=O) groups excluding carboxylic acids is 1. The molecular formula is C10H15ClN2O. The molecule has 0 bridgehead atoms. The molecule has 0 radical (unpaired) electrons. The van der Waals surface area contributed by atoms with Gasteiger partial charge in [0, 0.05) is 18.3 Å². The Morgan fingerprint density at radius 3 is 2.43 bits per heavy atom. The molecule has 1 rings (SSSR count). The van der Waals surface area contributed by atoms with Crippen molar-refractivity contribution in [2.75, 3.05) is 11.1 Å². The van der Waals surface area contributed by atoms with Crippen LogP contribution in [0, 0.1) is 13.8 Å². The van der Waals surface area contributed by atoms with E-state index < -0.39 is 0 Å². The van der Waals surface area contributed by atoms with E-state index in [9.17, 15) is 4.79 Å². The van der Waals surface area contributed by atoms with Crippen molar-refractivity contribution in [1.29, 1.82) is 0 Å². The van der Waals surface area contributed by atoms with Gasteiger partial charge in [-0.05, 0) is 31.0 Å². The number of aryl methyl sites for hydroxylation is 1. The summed E-state index contributed by atoms with van der Waals surface area (Å²) in [5, 5.41) is 2.76. The third kappa shape index (κ3) is 2.64. The SMILES string of the molecule is CC(=O)Nc1c(C)ccc(N)c1C.Cl. The number of nitrogens with one attached hydrogen (secondary N) is 1. The molecule has 3 nitrogen and oxygen atoms in total. The Kier molecular flexibility index (Phi) is 4.44. The lowest BCUT2D eigenvalue weighted by atomic mass is 10.1. The Morgan fingerprint density at radius 2 is 1.93 bits per heavy atom. The van der Waals surface area contributed by atoms with Crippen molar-refractivity contribution in [2.24, 2.45) is 0 Å². The summed E-state index contributed by atoms with van der Waals surface area (Å²) in [4.78, 5) is 10.9. The second-order valence-corrected chi connectivity index (χ2v) is 3.15. The number of carbonyl (C=O) groups is 1. The van der Waals surface area contributed by atoms with Crippen molar-refractivity contribution in [3.63, 3.8) is 0 Å². The van der Waals surface area contributed by atoms with E-state index in [1.54, 1.807) is 0 Å². The molecule has 0 saturated carbocycles. The number of rotatable bonds is 1. The Hall–Kier alpha value is -1.22. The zero-order valence-electron chi connectivity index (χ0n) is 8.55. The van der Waals surface area contributed by atoms with Crippen LogP contribution in [0.1, 0.15) is 18.1 Å². The maximum atomic E-state index is 10.9. The van der Waals surface area contributed by atoms with Gasteiger partial charge in [0.2, 0.25) is 5.91 Å². The van der Waals surface area contributed by atoms with Gasteiger partial charge < -0.3 is 11.1 Å². The average Bonchev–Trinajstić information content (AvgIpc) is 2.05. The fraction of sp³-hybridized carbons (Fsp3) is 0.300. The molecule has 0 unspecified atom stereocenters. The van der Waals surface area contributed by atoms with Gasteiger partial charge in [0.25, 0.3) is 0 Å². The van der Waals surface area contributed by atoms with Crippen molar-refractivity contribution in [3.8, 4) is 0 Å². The maximum Gasteiger partial charge on any atom is 0.221 e. The van der Waals surface area contributed by atoms with Gasteiger partial charge >= 0.3 is 0 Å². The molecule has 0 aliphatic rings. The fourth-order valence-corrected chi connectivity index (χ4v) is 1.23.